The van der Waals surface area contributed by atoms with Crippen LogP contribution in [-0.4, -0.2) is 5.91 Å². The van der Waals surface area contributed by atoms with Gasteiger partial charge in [0.2, 0.25) is 5.91 Å². The van der Waals surface area contributed by atoms with E-state index in [0.29, 0.717) is 12.5 Å². The van der Waals surface area contributed by atoms with E-state index in [1.807, 2.05) is 18.2 Å². The minimum Gasteiger partial charge on any atom is -0.352 e. The molecule has 0 heterocycles. The highest BCUT2D eigenvalue weighted by atomic mass is 16.2. The van der Waals surface area contributed by atoms with Gasteiger partial charge in [0.05, 0.1) is 0 Å². The maximum absolute atomic E-state index is 12.9. The Kier molecular flexibility index (Phi) is 3.28. The predicted octanol–water partition coefficient (Wildman–Crippen LogP) is 3.91. The molecule has 4 fully saturated rings. The summed E-state index contributed by atoms with van der Waals surface area (Å²) < 4.78 is 0. The van der Waals surface area contributed by atoms with E-state index < -0.39 is 0 Å². The van der Waals surface area contributed by atoms with Gasteiger partial charge < -0.3 is 5.32 Å². The second-order valence-electron chi connectivity index (χ2n) is 7.71. The largest absolute Gasteiger partial charge is 0.352 e. The SMILES string of the molecule is O=C(NCc1ccccc1)C12CC3C[C@@H](CC[C@@H](C3)C1)C2. The fourth-order valence-electron chi connectivity index (χ4n) is 5.44. The van der Waals surface area contributed by atoms with Crippen LogP contribution in [0.25, 0.3) is 0 Å². The van der Waals surface area contributed by atoms with Crippen molar-refractivity contribution in [3.63, 3.8) is 0 Å². The fraction of sp³-hybridized carbons (Fsp3) is 0.632. The molecule has 1 amide bonds. The molecule has 112 valence electrons. The second-order valence-corrected chi connectivity index (χ2v) is 7.71. The van der Waals surface area contributed by atoms with Crippen LogP contribution in [0.3, 0.4) is 0 Å². The summed E-state index contributed by atoms with van der Waals surface area (Å²) in [6.45, 7) is 0.682. The van der Waals surface area contributed by atoms with Crippen molar-refractivity contribution in [1.29, 1.82) is 0 Å². The summed E-state index contributed by atoms with van der Waals surface area (Å²) in [6.07, 6.45) is 8.99. The van der Waals surface area contributed by atoms with Crippen molar-refractivity contribution < 1.29 is 4.79 Å². The van der Waals surface area contributed by atoms with E-state index in [2.05, 4.69) is 17.4 Å². The van der Waals surface area contributed by atoms with E-state index in [9.17, 15) is 4.79 Å². The first-order chi connectivity index (χ1) is 10.2. The molecule has 1 aromatic carbocycles. The van der Waals surface area contributed by atoms with Crippen LogP contribution in [0, 0.1) is 23.2 Å². The van der Waals surface area contributed by atoms with Gasteiger partial charge in [0.1, 0.15) is 0 Å². The molecule has 5 rings (SSSR count). The van der Waals surface area contributed by atoms with Crippen LogP contribution in [0.1, 0.15) is 50.5 Å². The van der Waals surface area contributed by atoms with Crippen molar-refractivity contribution >= 4 is 5.91 Å². The molecule has 0 aromatic heterocycles. The Morgan fingerprint density at radius 2 is 1.62 bits per heavy atom. The Morgan fingerprint density at radius 3 is 2.29 bits per heavy atom. The highest BCUT2D eigenvalue weighted by molar-refractivity contribution is 5.83. The molecular weight excluding hydrogens is 258 g/mol. The van der Waals surface area contributed by atoms with E-state index in [1.165, 1.54) is 31.2 Å². The summed E-state index contributed by atoms with van der Waals surface area (Å²) in [5.74, 6) is 2.80. The van der Waals surface area contributed by atoms with Crippen molar-refractivity contribution in [3.05, 3.63) is 35.9 Å². The molecule has 0 radical (unpaired) electrons. The van der Waals surface area contributed by atoms with Crippen molar-refractivity contribution in [3.8, 4) is 0 Å². The average molecular weight is 283 g/mol. The van der Waals surface area contributed by atoms with Gasteiger partial charge in [0.25, 0.3) is 0 Å². The number of nitrogens with one attached hydrogen (secondary N) is 1. The molecule has 1 N–H and O–H groups in total. The number of hydrogen-bond acceptors (Lipinski definition) is 1. The van der Waals surface area contributed by atoms with Gasteiger partial charge in [0, 0.05) is 12.0 Å². The van der Waals surface area contributed by atoms with Gasteiger partial charge in [-0.15, -0.1) is 0 Å². The van der Waals surface area contributed by atoms with Crippen LogP contribution in [-0.2, 0) is 11.3 Å². The Balaban J connectivity index is 1.48. The first-order valence-corrected chi connectivity index (χ1v) is 8.56. The van der Waals surface area contributed by atoms with E-state index in [1.54, 1.807) is 0 Å². The molecule has 4 saturated carbocycles. The monoisotopic (exact) mass is 283 g/mol. The third-order valence-electron chi connectivity index (χ3n) is 6.13. The number of hydrogen-bond donors (Lipinski definition) is 1. The lowest BCUT2D eigenvalue weighted by Gasteiger charge is -2.47. The highest BCUT2D eigenvalue weighted by Crippen LogP contribution is 2.57. The Morgan fingerprint density at radius 1 is 1.00 bits per heavy atom. The predicted molar refractivity (Wildman–Crippen MR) is 83.5 cm³/mol. The van der Waals surface area contributed by atoms with Gasteiger partial charge >= 0.3 is 0 Å². The molecule has 1 aromatic rings. The van der Waals surface area contributed by atoms with Crippen molar-refractivity contribution in [2.24, 2.45) is 23.2 Å². The maximum Gasteiger partial charge on any atom is 0.226 e. The first kappa shape index (κ1) is 13.4. The van der Waals surface area contributed by atoms with Gasteiger partial charge in [-0.25, -0.2) is 0 Å². The molecule has 2 heteroatoms. The third-order valence-corrected chi connectivity index (χ3v) is 6.13. The van der Waals surface area contributed by atoms with Crippen LogP contribution in [0.15, 0.2) is 30.3 Å². The lowest BCUT2D eigenvalue weighted by atomic mass is 9.58. The standard InChI is InChI=1S/C19H25NO/c21-18(20-13-14-4-2-1-3-5-14)19-10-15-6-7-16(11-19)9-17(8-15)12-19/h1-5,15-17H,6-13H2,(H,20,21)/t15-,16+,17?,19?. The molecule has 21 heavy (non-hydrogen) atoms. The molecule has 0 saturated heterocycles. The van der Waals surface area contributed by atoms with Crippen LogP contribution in [0.4, 0.5) is 0 Å². The molecular formula is C19H25NO. The number of benzene rings is 1. The lowest BCUT2D eigenvalue weighted by molar-refractivity contribution is -0.138. The summed E-state index contributed by atoms with van der Waals surface area (Å²) in [6, 6.07) is 10.3. The van der Waals surface area contributed by atoms with Crippen LogP contribution in [0.2, 0.25) is 0 Å². The molecule has 4 aliphatic carbocycles. The van der Waals surface area contributed by atoms with Crippen molar-refractivity contribution in [2.45, 2.75) is 51.5 Å². The van der Waals surface area contributed by atoms with E-state index >= 15 is 0 Å². The second kappa shape index (κ2) is 5.15. The van der Waals surface area contributed by atoms with Gasteiger partial charge in [-0.1, -0.05) is 43.2 Å². The topological polar surface area (TPSA) is 29.1 Å². The minimum absolute atomic E-state index is 0.0260. The maximum atomic E-state index is 12.9. The lowest BCUT2D eigenvalue weighted by Crippen LogP contribution is -2.48. The Bertz CT molecular complexity index is 508. The Hall–Kier alpha value is -1.31. The normalized spacial score (nSPS) is 37.2. The van der Waals surface area contributed by atoms with Crippen LogP contribution < -0.4 is 5.32 Å². The summed E-state index contributed by atoms with van der Waals surface area (Å²) >= 11 is 0. The molecule has 4 aliphatic rings. The molecule has 2 unspecified atom stereocenters. The zero-order chi connectivity index (χ0) is 14.3. The molecule has 0 spiro atoms. The summed E-state index contributed by atoms with van der Waals surface area (Å²) in [5.41, 5.74) is 1.18. The number of carbonyl (C=O) groups is 1. The quantitative estimate of drug-likeness (QED) is 0.895. The van der Waals surface area contributed by atoms with Gasteiger partial charge in [0.15, 0.2) is 0 Å². The number of amides is 1. The van der Waals surface area contributed by atoms with Gasteiger partial charge in [-0.2, -0.15) is 0 Å². The molecule has 4 atom stereocenters. The third kappa shape index (κ3) is 2.49. The van der Waals surface area contributed by atoms with Gasteiger partial charge in [-0.05, 0) is 55.4 Å². The van der Waals surface area contributed by atoms with E-state index in [0.717, 1.165) is 37.0 Å². The minimum atomic E-state index is -0.0260. The van der Waals surface area contributed by atoms with Crippen molar-refractivity contribution in [2.75, 3.05) is 0 Å². The highest BCUT2D eigenvalue weighted by Gasteiger charge is 2.52. The molecule has 4 bridgehead atoms. The number of carbonyl (C=O) groups excluding carboxylic acids is 1. The van der Waals surface area contributed by atoms with Crippen LogP contribution in [0.5, 0.6) is 0 Å². The van der Waals surface area contributed by atoms with Gasteiger partial charge in [-0.3, -0.25) is 4.79 Å². The number of fused-ring (bicyclic) bond motifs is 1. The molecule has 2 nitrogen and oxygen atoms in total. The smallest absolute Gasteiger partial charge is 0.226 e. The average Bonchev–Trinajstić information content (AvgIpc) is 2.72. The fourth-order valence-corrected chi connectivity index (χ4v) is 5.44. The summed E-state index contributed by atoms with van der Waals surface area (Å²) in [4.78, 5) is 12.9. The zero-order valence-electron chi connectivity index (χ0n) is 12.7. The van der Waals surface area contributed by atoms with E-state index in [4.69, 9.17) is 0 Å². The van der Waals surface area contributed by atoms with E-state index in [-0.39, 0.29) is 5.41 Å². The Labute approximate surface area is 127 Å². The first-order valence-electron chi connectivity index (χ1n) is 8.56. The summed E-state index contributed by atoms with van der Waals surface area (Å²) in [7, 11) is 0. The molecule has 0 aliphatic heterocycles. The van der Waals surface area contributed by atoms with Crippen molar-refractivity contribution in [1.82, 2.24) is 5.32 Å². The van der Waals surface area contributed by atoms with Crippen LogP contribution >= 0.6 is 0 Å². The summed E-state index contributed by atoms with van der Waals surface area (Å²) in [5, 5.41) is 3.24. The zero-order valence-corrected chi connectivity index (χ0v) is 12.7. The number of rotatable bonds is 3.